The number of rotatable bonds is 5. The van der Waals surface area contributed by atoms with E-state index in [1.165, 1.54) is 0 Å². The number of hydrogen-bond donors (Lipinski definition) is 1. The Morgan fingerprint density at radius 1 is 1.43 bits per heavy atom. The van der Waals surface area contributed by atoms with Crippen LogP contribution in [0.25, 0.3) is 0 Å². The van der Waals surface area contributed by atoms with Crippen molar-refractivity contribution in [3.63, 3.8) is 0 Å². The quantitative estimate of drug-likeness (QED) is 0.908. The fraction of sp³-hybridized carbons (Fsp3) is 0.562. The first-order valence-corrected chi connectivity index (χ1v) is 7.25. The molecule has 1 heterocycles. The highest BCUT2D eigenvalue weighted by molar-refractivity contribution is 5.85. The third kappa shape index (κ3) is 4.19. The summed E-state index contributed by atoms with van der Waals surface area (Å²) < 4.78 is 5.68. The molecule has 2 atom stereocenters. The van der Waals surface area contributed by atoms with E-state index in [0.717, 1.165) is 25.1 Å². The summed E-state index contributed by atoms with van der Waals surface area (Å²) in [5, 5.41) is 0. The molecular formula is C16H25ClN2O2. The highest BCUT2D eigenvalue weighted by Crippen LogP contribution is 2.31. The van der Waals surface area contributed by atoms with Crippen LogP contribution in [-0.4, -0.2) is 37.0 Å². The van der Waals surface area contributed by atoms with Crippen LogP contribution in [0.3, 0.4) is 0 Å². The Hall–Kier alpha value is -1.10. The number of hydrogen-bond acceptors (Lipinski definition) is 3. The average molecular weight is 313 g/mol. The van der Waals surface area contributed by atoms with E-state index in [1.807, 2.05) is 42.2 Å². The van der Waals surface area contributed by atoms with Crippen molar-refractivity contribution in [2.24, 2.45) is 11.1 Å². The van der Waals surface area contributed by atoms with E-state index < -0.39 is 6.10 Å². The Bertz CT molecular complexity index is 455. The maximum Gasteiger partial charge on any atom is 0.256 e. The first kappa shape index (κ1) is 18.0. The number of amides is 1. The van der Waals surface area contributed by atoms with Crippen molar-refractivity contribution in [3.8, 4) is 0 Å². The van der Waals surface area contributed by atoms with Crippen LogP contribution in [0.15, 0.2) is 30.3 Å². The van der Waals surface area contributed by atoms with Crippen LogP contribution in [0, 0.1) is 5.41 Å². The van der Waals surface area contributed by atoms with Crippen molar-refractivity contribution in [1.82, 2.24) is 4.90 Å². The molecule has 2 rings (SSSR count). The molecule has 4 nitrogen and oxygen atoms in total. The second-order valence-electron chi connectivity index (χ2n) is 5.77. The predicted molar refractivity (Wildman–Crippen MR) is 86.4 cm³/mol. The van der Waals surface area contributed by atoms with Crippen LogP contribution < -0.4 is 5.73 Å². The van der Waals surface area contributed by atoms with E-state index in [9.17, 15) is 4.79 Å². The summed E-state index contributed by atoms with van der Waals surface area (Å²) in [5.41, 5.74) is 6.77. The SMILES string of the molecule is CCOC(C(=O)N1CCC(C)(CN)C1)c1ccccc1.Cl. The van der Waals surface area contributed by atoms with E-state index in [2.05, 4.69) is 6.92 Å². The molecule has 5 heteroatoms. The minimum absolute atomic E-state index is 0. The molecule has 0 aromatic heterocycles. The second-order valence-corrected chi connectivity index (χ2v) is 5.77. The van der Waals surface area contributed by atoms with Crippen LogP contribution in [0.4, 0.5) is 0 Å². The summed E-state index contributed by atoms with van der Waals surface area (Å²) in [7, 11) is 0. The van der Waals surface area contributed by atoms with Crippen LogP contribution in [-0.2, 0) is 9.53 Å². The minimum atomic E-state index is -0.499. The summed E-state index contributed by atoms with van der Waals surface area (Å²) in [6.45, 7) is 6.67. The molecule has 1 aromatic carbocycles. The lowest BCUT2D eigenvalue weighted by atomic mass is 9.90. The lowest BCUT2D eigenvalue weighted by Gasteiger charge is -2.26. The highest BCUT2D eigenvalue weighted by atomic mass is 35.5. The molecule has 2 unspecified atom stereocenters. The largest absolute Gasteiger partial charge is 0.364 e. The standard InChI is InChI=1S/C16H24N2O2.ClH/c1-3-20-14(13-7-5-4-6-8-13)15(19)18-10-9-16(2,11-17)12-18;/h4-8,14H,3,9-12,17H2,1-2H3;1H. The summed E-state index contributed by atoms with van der Waals surface area (Å²) in [5.74, 6) is 0.0511. The number of nitrogens with two attached hydrogens (primary N) is 1. The third-order valence-electron chi connectivity index (χ3n) is 4.02. The number of likely N-dealkylation sites (tertiary alicyclic amines) is 1. The fourth-order valence-electron chi connectivity index (χ4n) is 2.65. The smallest absolute Gasteiger partial charge is 0.256 e. The Kier molecular flexibility index (Phi) is 6.65. The summed E-state index contributed by atoms with van der Waals surface area (Å²) >= 11 is 0. The summed E-state index contributed by atoms with van der Waals surface area (Å²) in [6, 6.07) is 9.69. The van der Waals surface area contributed by atoms with Crippen molar-refractivity contribution < 1.29 is 9.53 Å². The molecular weight excluding hydrogens is 288 g/mol. The molecule has 0 radical (unpaired) electrons. The summed E-state index contributed by atoms with van der Waals surface area (Å²) in [6.07, 6.45) is 0.462. The van der Waals surface area contributed by atoms with Crippen molar-refractivity contribution in [2.75, 3.05) is 26.2 Å². The first-order chi connectivity index (χ1) is 9.59. The van der Waals surface area contributed by atoms with E-state index in [-0.39, 0.29) is 23.7 Å². The number of halogens is 1. The molecule has 1 saturated heterocycles. The fourth-order valence-corrected chi connectivity index (χ4v) is 2.65. The zero-order chi connectivity index (χ0) is 14.6. The molecule has 0 spiro atoms. The van der Waals surface area contributed by atoms with Gasteiger partial charge in [0.15, 0.2) is 6.10 Å². The predicted octanol–water partition coefficient (Wildman–Crippen LogP) is 2.38. The lowest BCUT2D eigenvalue weighted by molar-refractivity contribution is -0.143. The van der Waals surface area contributed by atoms with Crippen LogP contribution in [0.5, 0.6) is 0 Å². The number of carbonyl (C=O) groups is 1. The molecule has 1 fully saturated rings. The minimum Gasteiger partial charge on any atom is -0.364 e. The van der Waals surface area contributed by atoms with Gasteiger partial charge in [-0.2, -0.15) is 0 Å². The van der Waals surface area contributed by atoms with Crippen molar-refractivity contribution in [3.05, 3.63) is 35.9 Å². The topological polar surface area (TPSA) is 55.6 Å². The van der Waals surface area contributed by atoms with Gasteiger partial charge in [0, 0.05) is 19.7 Å². The lowest BCUT2D eigenvalue weighted by Crippen LogP contribution is -2.37. The van der Waals surface area contributed by atoms with Gasteiger partial charge < -0.3 is 15.4 Å². The van der Waals surface area contributed by atoms with E-state index in [0.29, 0.717) is 13.2 Å². The van der Waals surface area contributed by atoms with E-state index in [4.69, 9.17) is 10.5 Å². The van der Waals surface area contributed by atoms with Gasteiger partial charge in [-0.1, -0.05) is 37.3 Å². The Labute approximate surface area is 133 Å². The van der Waals surface area contributed by atoms with Gasteiger partial charge >= 0.3 is 0 Å². The molecule has 1 amide bonds. The first-order valence-electron chi connectivity index (χ1n) is 7.25. The molecule has 1 aliphatic heterocycles. The van der Waals surface area contributed by atoms with Gasteiger partial charge in [0.2, 0.25) is 0 Å². The Morgan fingerprint density at radius 2 is 2.10 bits per heavy atom. The van der Waals surface area contributed by atoms with Crippen LogP contribution in [0.1, 0.15) is 31.9 Å². The van der Waals surface area contributed by atoms with E-state index in [1.54, 1.807) is 0 Å². The molecule has 0 aliphatic carbocycles. The van der Waals surface area contributed by atoms with Crippen molar-refractivity contribution >= 4 is 18.3 Å². The van der Waals surface area contributed by atoms with Gasteiger partial charge in [-0.3, -0.25) is 4.79 Å². The number of ether oxygens (including phenoxy) is 1. The average Bonchev–Trinajstić information content (AvgIpc) is 2.88. The normalized spacial score (nSPS) is 22.7. The van der Waals surface area contributed by atoms with Gasteiger partial charge in [-0.25, -0.2) is 0 Å². The van der Waals surface area contributed by atoms with E-state index >= 15 is 0 Å². The van der Waals surface area contributed by atoms with Gasteiger partial charge in [-0.05, 0) is 30.9 Å². The Balaban J connectivity index is 0.00000220. The second kappa shape index (κ2) is 7.78. The molecule has 0 saturated carbocycles. The monoisotopic (exact) mass is 312 g/mol. The van der Waals surface area contributed by atoms with Gasteiger partial charge in [-0.15, -0.1) is 12.4 Å². The molecule has 21 heavy (non-hydrogen) atoms. The van der Waals surface area contributed by atoms with Gasteiger partial charge in [0.05, 0.1) is 0 Å². The molecule has 2 N–H and O–H groups in total. The molecule has 118 valence electrons. The molecule has 1 aromatic rings. The van der Waals surface area contributed by atoms with Gasteiger partial charge in [0.25, 0.3) is 5.91 Å². The zero-order valence-electron chi connectivity index (χ0n) is 12.7. The highest BCUT2D eigenvalue weighted by Gasteiger charge is 2.37. The number of carbonyl (C=O) groups excluding carboxylic acids is 1. The van der Waals surface area contributed by atoms with Crippen LogP contribution >= 0.6 is 12.4 Å². The molecule has 1 aliphatic rings. The van der Waals surface area contributed by atoms with Crippen molar-refractivity contribution in [1.29, 1.82) is 0 Å². The Morgan fingerprint density at radius 3 is 2.62 bits per heavy atom. The van der Waals surface area contributed by atoms with Crippen LogP contribution in [0.2, 0.25) is 0 Å². The van der Waals surface area contributed by atoms with Crippen molar-refractivity contribution in [2.45, 2.75) is 26.4 Å². The zero-order valence-corrected chi connectivity index (χ0v) is 13.6. The number of nitrogens with zero attached hydrogens (tertiary/aromatic N) is 1. The number of benzene rings is 1. The maximum absolute atomic E-state index is 12.7. The van der Waals surface area contributed by atoms with Gasteiger partial charge in [0.1, 0.15) is 0 Å². The molecule has 0 bridgehead atoms. The third-order valence-corrected chi connectivity index (χ3v) is 4.02. The summed E-state index contributed by atoms with van der Waals surface area (Å²) in [4.78, 5) is 14.6. The maximum atomic E-state index is 12.7.